The fourth-order valence-electron chi connectivity index (χ4n) is 7.82. The van der Waals surface area contributed by atoms with Crippen LogP contribution < -0.4 is 0 Å². The number of hydrogen-bond acceptors (Lipinski definition) is 4. The van der Waals surface area contributed by atoms with Crippen LogP contribution in [0.25, 0.3) is 10.9 Å². The van der Waals surface area contributed by atoms with Crippen LogP contribution in [-0.2, 0) is 21.4 Å². The van der Waals surface area contributed by atoms with Gasteiger partial charge >= 0.3 is 0 Å². The molecule has 0 radical (unpaired) electrons. The first kappa shape index (κ1) is 20.6. The summed E-state index contributed by atoms with van der Waals surface area (Å²) >= 11 is 0. The van der Waals surface area contributed by atoms with Crippen molar-refractivity contribution in [2.75, 3.05) is 0 Å². The smallest absolute Gasteiger partial charge is 0.187 e. The Morgan fingerprint density at radius 2 is 1.91 bits per heavy atom. The molecule has 4 aliphatic rings. The standard InChI is InChI=1S/C27H33NO4/c1-24(2,30)23-20(29)14-18-21(32-23)10-11-25(3)26(4)15(9-12-27(18,25)31)13-17-16-7-5-6-8-19(16)28-22(17)26/h5-8,14-15,21,23,28,30-31H,9-13H2,1-4H3/t15-,21+,23?,25-,26-,27-/m1/s1. The average Bonchev–Trinajstić information content (AvgIpc) is 3.24. The molecule has 3 aliphatic carbocycles. The van der Waals surface area contributed by atoms with E-state index in [-0.39, 0.29) is 17.3 Å². The molecule has 0 spiro atoms. The molecule has 1 aromatic heterocycles. The lowest BCUT2D eigenvalue weighted by Crippen LogP contribution is -2.68. The van der Waals surface area contributed by atoms with Gasteiger partial charge in [0.2, 0.25) is 0 Å². The van der Waals surface area contributed by atoms with Crippen LogP contribution >= 0.6 is 0 Å². The van der Waals surface area contributed by atoms with Crippen LogP contribution in [0.5, 0.6) is 0 Å². The summed E-state index contributed by atoms with van der Waals surface area (Å²) in [6, 6.07) is 8.49. The first-order valence-corrected chi connectivity index (χ1v) is 12.0. The van der Waals surface area contributed by atoms with Crippen molar-refractivity contribution < 1.29 is 19.7 Å². The maximum absolute atomic E-state index is 13.0. The molecule has 3 N–H and O–H groups in total. The van der Waals surface area contributed by atoms with Crippen LogP contribution in [0.2, 0.25) is 0 Å². The number of aliphatic hydroxyl groups is 2. The molecular weight excluding hydrogens is 402 g/mol. The molecule has 6 rings (SSSR count). The van der Waals surface area contributed by atoms with Gasteiger partial charge in [-0.05, 0) is 75.1 Å². The normalized spacial score (nSPS) is 41.0. The maximum Gasteiger partial charge on any atom is 0.187 e. The number of aromatic nitrogens is 1. The van der Waals surface area contributed by atoms with E-state index in [9.17, 15) is 15.0 Å². The fourth-order valence-corrected chi connectivity index (χ4v) is 7.82. The molecule has 32 heavy (non-hydrogen) atoms. The number of ether oxygens (including phenoxy) is 1. The molecule has 6 atom stereocenters. The zero-order valence-corrected chi connectivity index (χ0v) is 19.4. The summed E-state index contributed by atoms with van der Waals surface area (Å²) in [5.41, 5.74) is 1.53. The number of para-hydroxylation sites is 1. The molecule has 2 aromatic rings. The van der Waals surface area contributed by atoms with Crippen LogP contribution in [0.4, 0.5) is 0 Å². The van der Waals surface area contributed by atoms with E-state index in [0.29, 0.717) is 12.3 Å². The van der Waals surface area contributed by atoms with Crippen molar-refractivity contribution in [3.05, 3.63) is 47.2 Å². The van der Waals surface area contributed by atoms with E-state index in [1.807, 2.05) is 0 Å². The summed E-state index contributed by atoms with van der Waals surface area (Å²) in [6.07, 6.45) is 4.51. The second-order valence-electron chi connectivity index (χ2n) is 11.6. The number of nitrogens with one attached hydrogen (secondary N) is 1. The Labute approximate surface area is 188 Å². The average molecular weight is 436 g/mol. The first-order chi connectivity index (χ1) is 15.0. The van der Waals surface area contributed by atoms with Crippen molar-refractivity contribution in [3.63, 3.8) is 0 Å². The number of H-pyrrole nitrogens is 1. The van der Waals surface area contributed by atoms with Gasteiger partial charge in [0.1, 0.15) is 6.10 Å². The van der Waals surface area contributed by atoms with Crippen LogP contribution in [-0.4, -0.2) is 44.4 Å². The van der Waals surface area contributed by atoms with Crippen molar-refractivity contribution >= 4 is 16.7 Å². The molecule has 5 heteroatoms. The summed E-state index contributed by atoms with van der Waals surface area (Å²) in [5, 5.41) is 24.1. The summed E-state index contributed by atoms with van der Waals surface area (Å²) < 4.78 is 6.15. The van der Waals surface area contributed by atoms with Crippen molar-refractivity contribution in [3.8, 4) is 0 Å². The highest BCUT2D eigenvalue weighted by Crippen LogP contribution is 2.69. The van der Waals surface area contributed by atoms with E-state index in [2.05, 4.69) is 43.1 Å². The zero-order valence-electron chi connectivity index (χ0n) is 19.4. The Morgan fingerprint density at radius 1 is 1.16 bits per heavy atom. The van der Waals surface area contributed by atoms with Crippen LogP contribution in [0, 0.1) is 11.3 Å². The van der Waals surface area contributed by atoms with E-state index in [0.717, 1.165) is 36.8 Å². The van der Waals surface area contributed by atoms with Gasteiger partial charge in [0.15, 0.2) is 5.78 Å². The minimum Gasteiger partial charge on any atom is -0.387 e. The van der Waals surface area contributed by atoms with Gasteiger partial charge < -0.3 is 19.9 Å². The number of ketones is 1. The van der Waals surface area contributed by atoms with Crippen molar-refractivity contribution in [1.82, 2.24) is 4.98 Å². The molecule has 1 aromatic carbocycles. The molecular formula is C27H33NO4. The number of carbonyl (C=O) groups excluding carboxylic acids is 1. The van der Waals surface area contributed by atoms with Gasteiger partial charge in [-0.2, -0.15) is 0 Å². The number of fused-ring (bicyclic) bond motifs is 9. The third kappa shape index (κ3) is 2.27. The monoisotopic (exact) mass is 435 g/mol. The zero-order chi connectivity index (χ0) is 22.7. The van der Waals surface area contributed by atoms with Gasteiger partial charge in [0.05, 0.1) is 17.3 Å². The SMILES string of the molecule is CC(C)(O)C1O[C@H]2CC[C@@]3(C)[C@@](O)(CC[C@@H]4Cc5c([nH]c6ccccc56)[C@@]43C)C2=CC1=O. The molecule has 1 aliphatic heterocycles. The number of benzene rings is 1. The molecule has 2 fully saturated rings. The molecule has 2 saturated carbocycles. The fraction of sp³-hybridized carbons (Fsp3) is 0.593. The van der Waals surface area contributed by atoms with Gasteiger partial charge in [-0.1, -0.05) is 32.0 Å². The number of carbonyl (C=O) groups is 1. The van der Waals surface area contributed by atoms with Crippen molar-refractivity contribution in [1.29, 1.82) is 0 Å². The molecule has 0 saturated heterocycles. The molecule has 1 unspecified atom stereocenters. The molecule has 2 heterocycles. The number of rotatable bonds is 1. The van der Waals surface area contributed by atoms with Gasteiger partial charge in [-0.15, -0.1) is 0 Å². The second-order valence-corrected chi connectivity index (χ2v) is 11.6. The van der Waals surface area contributed by atoms with Gasteiger partial charge in [0.25, 0.3) is 0 Å². The minimum absolute atomic E-state index is 0.226. The van der Waals surface area contributed by atoms with E-state index in [1.54, 1.807) is 19.9 Å². The molecule has 170 valence electrons. The highest BCUT2D eigenvalue weighted by atomic mass is 16.5. The van der Waals surface area contributed by atoms with Crippen molar-refractivity contribution in [2.45, 2.75) is 88.6 Å². The Morgan fingerprint density at radius 3 is 2.66 bits per heavy atom. The molecule has 5 nitrogen and oxygen atoms in total. The summed E-state index contributed by atoms with van der Waals surface area (Å²) in [5.74, 6) is 0.214. The van der Waals surface area contributed by atoms with E-state index in [1.165, 1.54) is 16.6 Å². The lowest BCUT2D eigenvalue weighted by molar-refractivity contribution is -0.195. The first-order valence-electron chi connectivity index (χ1n) is 12.0. The van der Waals surface area contributed by atoms with Crippen LogP contribution in [0.3, 0.4) is 0 Å². The maximum atomic E-state index is 13.0. The third-order valence-electron chi connectivity index (χ3n) is 9.74. The van der Waals surface area contributed by atoms with E-state index >= 15 is 0 Å². The van der Waals surface area contributed by atoms with Gasteiger partial charge in [0, 0.05) is 27.4 Å². The molecule has 0 amide bonds. The largest absolute Gasteiger partial charge is 0.387 e. The van der Waals surface area contributed by atoms with Crippen LogP contribution in [0.1, 0.15) is 64.6 Å². The Hall–Kier alpha value is -1.95. The van der Waals surface area contributed by atoms with E-state index < -0.39 is 22.7 Å². The predicted octanol–water partition coefficient (Wildman–Crippen LogP) is 3.96. The third-order valence-corrected chi connectivity index (χ3v) is 9.74. The predicted molar refractivity (Wildman–Crippen MR) is 122 cm³/mol. The Bertz CT molecular complexity index is 1170. The summed E-state index contributed by atoms with van der Waals surface area (Å²) in [6.45, 7) is 7.77. The summed E-state index contributed by atoms with van der Waals surface area (Å²) in [4.78, 5) is 16.7. The quantitative estimate of drug-likeness (QED) is 0.633. The molecule has 0 bridgehead atoms. The van der Waals surface area contributed by atoms with E-state index in [4.69, 9.17) is 4.74 Å². The highest BCUT2D eigenvalue weighted by molar-refractivity contribution is 5.96. The lowest BCUT2D eigenvalue weighted by Gasteiger charge is -2.64. The summed E-state index contributed by atoms with van der Waals surface area (Å²) in [7, 11) is 0. The topological polar surface area (TPSA) is 82.5 Å². The number of aromatic amines is 1. The Kier molecular flexibility index (Phi) is 3.96. The minimum atomic E-state index is -1.25. The second kappa shape index (κ2) is 6.13. The lowest BCUT2D eigenvalue weighted by atomic mass is 9.42. The van der Waals surface area contributed by atoms with Crippen LogP contribution in [0.15, 0.2) is 35.9 Å². The van der Waals surface area contributed by atoms with Gasteiger partial charge in [-0.25, -0.2) is 0 Å². The van der Waals surface area contributed by atoms with Gasteiger partial charge in [-0.3, -0.25) is 4.79 Å². The van der Waals surface area contributed by atoms with Crippen molar-refractivity contribution in [2.24, 2.45) is 11.3 Å². The Balaban J connectivity index is 1.50. The number of hydrogen-bond donors (Lipinski definition) is 3. The highest BCUT2D eigenvalue weighted by Gasteiger charge is 2.70.